The number of hydrogen-bond donors (Lipinski definition) is 0. The van der Waals surface area contributed by atoms with Gasteiger partial charge >= 0.3 is 0 Å². The molecule has 0 atom stereocenters. The maximum absolute atomic E-state index is 14.0. The molecule has 0 saturated carbocycles. The molecule has 4 nitrogen and oxygen atoms in total. The van der Waals surface area contributed by atoms with E-state index in [1.54, 1.807) is 30.5 Å². The molecular formula is C21H17FN2O2. The van der Waals surface area contributed by atoms with Gasteiger partial charge in [-0.2, -0.15) is 0 Å². The van der Waals surface area contributed by atoms with Crippen molar-refractivity contribution in [2.24, 2.45) is 0 Å². The lowest BCUT2D eigenvalue weighted by Crippen LogP contribution is -2.16. The molecule has 0 aliphatic carbocycles. The molecule has 1 aliphatic heterocycles. The molecule has 0 fully saturated rings. The van der Waals surface area contributed by atoms with E-state index in [1.807, 2.05) is 19.1 Å². The molecule has 2 heterocycles. The highest BCUT2D eigenvalue weighted by atomic mass is 19.1. The van der Waals surface area contributed by atoms with E-state index < -0.39 is 5.82 Å². The number of ether oxygens (including phenoxy) is 1. The van der Waals surface area contributed by atoms with Crippen LogP contribution in [0.5, 0.6) is 5.75 Å². The first kappa shape index (κ1) is 16.3. The molecule has 1 aromatic heterocycles. The van der Waals surface area contributed by atoms with Gasteiger partial charge in [0.25, 0.3) is 0 Å². The average Bonchev–Trinajstić information content (AvgIpc) is 3.11. The Bertz CT molecular complexity index is 970. The summed E-state index contributed by atoms with van der Waals surface area (Å²) < 4.78 is 19.6. The summed E-state index contributed by atoms with van der Waals surface area (Å²) in [5.74, 6) is 0.846. The van der Waals surface area contributed by atoms with E-state index in [1.165, 1.54) is 16.5 Å². The van der Waals surface area contributed by atoms with Crippen LogP contribution in [0.1, 0.15) is 11.1 Å². The lowest BCUT2D eigenvalue weighted by molar-refractivity contribution is -0.106. The summed E-state index contributed by atoms with van der Waals surface area (Å²) in [6.07, 6.45) is 3.18. The van der Waals surface area contributed by atoms with Gasteiger partial charge in [0.1, 0.15) is 17.4 Å². The Morgan fingerprint density at radius 1 is 1.19 bits per heavy atom. The van der Waals surface area contributed by atoms with Crippen LogP contribution in [0, 0.1) is 12.7 Å². The largest absolute Gasteiger partial charge is 0.493 e. The minimum absolute atomic E-state index is 0.175. The van der Waals surface area contributed by atoms with Gasteiger partial charge in [0.2, 0.25) is 6.41 Å². The summed E-state index contributed by atoms with van der Waals surface area (Å²) in [6, 6.07) is 13.9. The summed E-state index contributed by atoms with van der Waals surface area (Å²) in [7, 11) is 0. The van der Waals surface area contributed by atoms with Crippen LogP contribution in [0.15, 0.2) is 54.7 Å². The number of para-hydroxylation sites is 1. The second-order valence-electron chi connectivity index (χ2n) is 6.21. The van der Waals surface area contributed by atoms with Crippen LogP contribution < -0.4 is 9.64 Å². The number of carbonyl (C=O) groups excluding carboxylic acids is 1. The number of benzene rings is 2. The van der Waals surface area contributed by atoms with Gasteiger partial charge in [-0.1, -0.05) is 12.1 Å². The summed E-state index contributed by atoms with van der Waals surface area (Å²) in [5.41, 5.74) is 4.49. The van der Waals surface area contributed by atoms with E-state index in [0.29, 0.717) is 18.8 Å². The zero-order valence-electron chi connectivity index (χ0n) is 14.3. The number of halogens is 1. The van der Waals surface area contributed by atoms with Crippen molar-refractivity contribution in [3.63, 3.8) is 0 Å². The minimum atomic E-state index is -0.472. The molecule has 0 N–H and O–H groups in total. The number of carbonyl (C=O) groups is 1. The van der Waals surface area contributed by atoms with E-state index in [0.717, 1.165) is 28.9 Å². The first-order valence-corrected chi connectivity index (χ1v) is 8.39. The second-order valence-corrected chi connectivity index (χ2v) is 6.21. The number of pyridine rings is 1. The number of aromatic nitrogens is 1. The number of nitrogens with zero attached hydrogens (tertiary/aromatic N) is 2. The molecule has 4 rings (SSSR count). The van der Waals surface area contributed by atoms with Gasteiger partial charge in [0.15, 0.2) is 0 Å². The summed E-state index contributed by atoms with van der Waals surface area (Å²) in [6.45, 7) is 2.74. The standard InChI is InChI=1S/C21H17FN2O2/c1-14-10-20-15(8-9-26-20)11-17(14)16-6-7-21(23-12-16)24(13-25)19-5-3-2-4-18(19)22/h2-7,10-13H,8-9H2,1H3. The Balaban J connectivity index is 1.69. The molecule has 5 heteroatoms. The molecule has 0 spiro atoms. The molecule has 1 aliphatic rings. The predicted octanol–water partition coefficient (Wildman–Crippen LogP) is 4.43. The van der Waals surface area contributed by atoms with Gasteiger partial charge < -0.3 is 4.74 Å². The van der Waals surface area contributed by atoms with Crippen LogP contribution in [0.25, 0.3) is 11.1 Å². The van der Waals surface area contributed by atoms with Crippen molar-refractivity contribution in [1.82, 2.24) is 4.98 Å². The summed E-state index contributed by atoms with van der Waals surface area (Å²) in [4.78, 5) is 17.1. The maximum Gasteiger partial charge on any atom is 0.219 e. The summed E-state index contributed by atoms with van der Waals surface area (Å²) in [5, 5.41) is 0. The van der Waals surface area contributed by atoms with Crippen molar-refractivity contribution >= 4 is 17.9 Å². The van der Waals surface area contributed by atoms with Crippen molar-refractivity contribution in [1.29, 1.82) is 0 Å². The van der Waals surface area contributed by atoms with Crippen LogP contribution in [0.2, 0.25) is 0 Å². The molecule has 1 amide bonds. The van der Waals surface area contributed by atoms with E-state index in [-0.39, 0.29) is 5.69 Å². The molecule has 3 aromatic rings. The molecular weight excluding hydrogens is 331 g/mol. The second kappa shape index (κ2) is 6.59. The zero-order chi connectivity index (χ0) is 18.1. The smallest absolute Gasteiger partial charge is 0.219 e. The third-order valence-corrected chi connectivity index (χ3v) is 4.56. The van der Waals surface area contributed by atoms with Crippen LogP contribution in [0.4, 0.5) is 15.9 Å². The highest BCUT2D eigenvalue weighted by Gasteiger charge is 2.17. The van der Waals surface area contributed by atoms with Crippen LogP contribution in [-0.2, 0) is 11.2 Å². The zero-order valence-corrected chi connectivity index (χ0v) is 14.3. The Labute approximate surface area is 150 Å². The Hall–Kier alpha value is -3.21. The van der Waals surface area contributed by atoms with Crippen LogP contribution in [0.3, 0.4) is 0 Å². The van der Waals surface area contributed by atoms with E-state index in [4.69, 9.17) is 4.74 Å². The third-order valence-electron chi connectivity index (χ3n) is 4.56. The number of hydrogen-bond acceptors (Lipinski definition) is 3. The SMILES string of the molecule is Cc1cc2c(cc1-c1ccc(N(C=O)c3ccccc3F)nc1)CCO2. The normalized spacial score (nSPS) is 12.4. The van der Waals surface area contributed by atoms with E-state index in [9.17, 15) is 9.18 Å². The quantitative estimate of drug-likeness (QED) is 0.655. The van der Waals surface area contributed by atoms with Crippen LogP contribution in [-0.4, -0.2) is 18.0 Å². The molecule has 0 saturated heterocycles. The van der Waals surface area contributed by atoms with Gasteiger partial charge in [0, 0.05) is 18.2 Å². The van der Waals surface area contributed by atoms with Crippen molar-refractivity contribution < 1.29 is 13.9 Å². The van der Waals surface area contributed by atoms with E-state index in [2.05, 4.69) is 11.1 Å². The molecule has 130 valence electrons. The number of rotatable bonds is 4. The van der Waals surface area contributed by atoms with Gasteiger partial charge in [-0.05, 0) is 60.0 Å². The van der Waals surface area contributed by atoms with Gasteiger partial charge in [-0.15, -0.1) is 0 Å². The van der Waals surface area contributed by atoms with Crippen LogP contribution >= 0.6 is 0 Å². The van der Waals surface area contributed by atoms with Crippen molar-refractivity contribution in [3.05, 3.63) is 71.7 Å². The number of aryl methyl sites for hydroxylation is 1. The van der Waals surface area contributed by atoms with Crippen molar-refractivity contribution in [2.75, 3.05) is 11.5 Å². The summed E-state index contributed by atoms with van der Waals surface area (Å²) >= 11 is 0. The molecule has 0 unspecified atom stereocenters. The molecule has 26 heavy (non-hydrogen) atoms. The fraction of sp³-hybridized carbons (Fsp3) is 0.143. The highest BCUT2D eigenvalue weighted by Crippen LogP contribution is 2.34. The number of amides is 1. The van der Waals surface area contributed by atoms with Crippen molar-refractivity contribution in [3.8, 4) is 16.9 Å². The average molecular weight is 348 g/mol. The third kappa shape index (κ3) is 2.81. The van der Waals surface area contributed by atoms with Crippen molar-refractivity contribution in [2.45, 2.75) is 13.3 Å². The Morgan fingerprint density at radius 3 is 2.77 bits per heavy atom. The first-order chi connectivity index (χ1) is 12.7. The molecule has 0 bridgehead atoms. The predicted molar refractivity (Wildman–Crippen MR) is 98.2 cm³/mol. The Kier molecular flexibility index (Phi) is 4.13. The lowest BCUT2D eigenvalue weighted by atomic mass is 9.98. The van der Waals surface area contributed by atoms with Gasteiger partial charge in [0.05, 0.1) is 12.3 Å². The Morgan fingerprint density at radius 2 is 2.04 bits per heavy atom. The number of anilines is 2. The first-order valence-electron chi connectivity index (χ1n) is 8.39. The van der Waals surface area contributed by atoms with Gasteiger partial charge in [-0.3, -0.25) is 9.69 Å². The lowest BCUT2D eigenvalue weighted by Gasteiger charge is -2.17. The minimum Gasteiger partial charge on any atom is -0.493 e. The fourth-order valence-corrected chi connectivity index (χ4v) is 3.21. The maximum atomic E-state index is 14.0. The number of fused-ring (bicyclic) bond motifs is 1. The fourth-order valence-electron chi connectivity index (χ4n) is 3.21. The topological polar surface area (TPSA) is 42.4 Å². The van der Waals surface area contributed by atoms with E-state index >= 15 is 0 Å². The highest BCUT2D eigenvalue weighted by molar-refractivity contribution is 5.85. The van der Waals surface area contributed by atoms with Gasteiger partial charge in [-0.25, -0.2) is 9.37 Å². The molecule has 2 aromatic carbocycles. The molecule has 0 radical (unpaired) electrons. The monoisotopic (exact) mass is 348 g/mol.